The molecule has 2 aromatic rings. The number of hydrogen-bond donors (Lipinski definition) is 1. The number of carbonyl (C=O) groups excluding carboxylic acids is 2. The van der Waals surface area contributed by atoms with Crippen LogP contribution < -0.4 is 10.2 Å². The van der Waals surface area contributed by atoms with E-state index in [4.69, 9.17) is 4.74 Å². The van der Waals surface area contributed by atoms with Crippen molar-refractivity contribution in [3.63, 3.8) is 0 Å². The van der Waals surface area contributed by atoms with E-state index in [2.05, 4.69) is 5.43 Å². The second-order valence-electron chi connectivity index (χ2n) is 7.36. The zero-order valence-electron chi connectivity index (χ0n) is 17.4. The lowest BCUT2D eigenvalue weighted by Gasteiger charge is -2.35. The molecule has 0 heterocycles. The number of nitrogens with one attached hydrogen (secondary N) is 1. The molecule has 8 heteroatoms. The SMILES string of the molecule is COc1cccc(C(=O)NN(C(=O)c2cc(C)cc(C)c2)C(C)(C)C)c1.Cl.Cl.Cl. The van der Waals surface area contributed by atoms with E-state index in [0.29, 0.717) is 16.9 Å². The number of ether oxygens (including phenoxy) is 1. The van der Waals surface area contributed by atoms with Crippen LogP contribution in [0.5, 0.6) is 5.75 Å². The Labute approximate surface area is 191 Å². The third-order valence-corrected chi connectivity index (χ3v) is 3.89. The van der Waals surface area contributed by atoms with Crippen molar-refractivity contribution < 1.29 is 14.3 Å². The Morgan fingerprint density at radius 1 is 0.897 bits per heavy atom. The van der Waals surface area contributed by atoms with E-state index in [9.17, 15) is 9.59 Å². The third-order valence-electron chi connectivity index (χ3n) is 3.89. The summed E-state index contributed by atoms with van der Waals surface area (Å²) in [4.78, 5) is 25.8. The van der Waals surface area contributed by atoms with E-state index in [1.807, 2.05) is 52.8 Å². The number of aryl methyl sites for hydroxylation is 2. The highest BCUT2D eigenvalue weighted by molar-refractivity contribution is 5.99. The van der Waals surface area contributed by atoms with Crippen LogP contribution in [-0.4, -0.2) is 29.5 Å². The predicted molar refractivity (Wildman–Crippen MR) is 124 cm³/mol. The molecule has 0 aromatic heterocycles. The maximum Gasteiger partial charge on any atom is 0.272 e. The lowest BCUT2D eigenvalue weighted by molar-refractivity contribution is 0.0358. The van der Waals surface area contributed by atoms with Gasteiger partial charge in [0.1, 0.15) is 5.75 Å². The van der Waals surface area contributed by atoms with Crippen LogP contribution in [0.1, 0.15) is 52.6 Å². The molecule has 0 fully saturated rings. The molecule has 0 spiro atoms. The van der Waals surface area contributed by atoms with Crippen molar-refractivity contribution in [1.29, 1.82) is 0 Å². The van der Waals surface area contributed by atoms with Gasteiger partial charge in [-0.05, 0) is 65.0 Å². The first kappa shape index (κ1) is 29.3. The highest BCUT2D eigenvalue weighted by Crippen LogP contribution is 2.19. The molecule has 2 aromatic carbocycles. The highest BCUT2D eigenvalue weighted by atomic mass is 35.5. The van der Waals surface area contributed by atoms with E-state index < -0.39 is 5.54 Å². The summed E-state index contributed by atoms with van der Waals surface area (Å²) in [5.41, 5.74) is 5.13. The number of carbonyl (C=O) groups is 2. The lowest BCUT2D eigenvalue weighted by atomic mass is 10.0. The number of benzene rings is 2. The van der Waals surface area contributed by atoms with Crippen molar-refractivity contribution in [3.8, 4) is 5.75 Å². The number of methoxy groups -OCH3 is 1. The topological polar surface area (TPSA) is 58.6 Å². The van der Waals surface area contributed by atoms with Gasteiger partial charge < -0.3 is 4.74 Å². The maximum atomic E-state index is 13.1. The van der Waals surface area contributed by atoms with Crippen LogP contribution in [0.25, 0.3) is 0 Å². The summed E-state index contributed by atoms with van der Waals surface area (Å²) in [5, 5.41) is 1.38. The summed E-state index contributed by atoms with van der Waals surface area (Å²) in [6.07, 6.45) is 0. The fraction of sp³-hybridized carbons (Fsp3) is 0.333. The van der Waals surface area contributed by atoms with Crippen LogP contribution in [0.3, 0.4) is 0 Å². The number of hydrazine groups is 1. The van der Waals surface area contributed by atoms with Gasteiger partial charge in [-0.25, -0.2) is 5.01 Å². The molecule has 0 aliphatic carbocycles. The van der Waals surface area contributed by atoms with Gasteiger partial charge in [0.15, 0.2) is 0 Å². The van der Waals surface area contributed by atoms with Gasteiger partial charge in [0, 0.05) is 11.1 Å². The molecular weight excluding hydrogens is 435 g/mol. The van der Waals surface area contributed by atoms with Crippen LogP contribution in [-0.2, 0) is 0 Å². The van der Waals surface area contributed by atoms with Crippen LogP contribution >= 0.6 is 37.2 Å². The molecule has 1 N–H and O–H groups in total. The van der Waals surface area contributed by atoms with Gasteiger partial charge in [0.05, 0.1) is 12.6 Å². The molecule has 0 atom stereocenters. The van der Waals surface area contributed by atoms with E-state index in [1.54, 1.807) is 31.4 Å². The Bertz CT molecular complexity index is 816. The minimum absolute atomic E-state index is 0. The number of rotatable bonds is 3. The minimum atomic E-state index is -0.594. The van der Waals surface area contributed by atoms with E-state index in [-0.39, 0.29) is 49.0 Å². The molecule has 2 rings (SSSR count). The third kappa shape index (κ3) is 7.77. The van der Waals surface area contributed by atoms with Gasteiger partial charge in [-0.2, -0.15) is 0 Å². The smallest absolute Gasteiger partial charge is 0.272 e. The molecule has 2 amide bonds. The molecule has 0 saturated heterocycles. The second kappa shape index (κ2) is 11.9. The van der Waals surface area contributed by atoms with E-state index in [1.165, 1.54) is 5.01 Å². The molecule has 29 heavy (non-hydrogen) atoms. The van der Waals surface area contributed by atoms with Crippen molar-refractivity contribution in [2.24, 2.45) is 0 Å². The van der Waals surface area contributed by atoms with E-state index in [0.717, 1.165) is 11.1 Å². The molecular formula is C21H29Cl3N2O3. The van der Waals surface area contributed by atoms with Crippen molar-refractivity contribution in [1.82, 2.24) is 10.4 Å². The highest BCUT2D eigenvalue weighted by Gasteiger charge is 2.30. The quantitative estimate of drug-likeness (QED) is 0.639. The van der Waals surface area contributed by atoms with Gasteiger partial charge in [0.25, 0.3) is 11.8 Å². The average Bonchev–Trinajstić information content (AvgIpc) is 2.57. The Balaban J connectivity index is 0. The fourth-order valence-electron chi connectivity index (χ4n) is 2.68. The molecule has 0 aliphatic heterocycles. The standard InChI is InChI=1S/C21H26N2O3.3ClH/c1-14-10-15(2)12-17(11-14)20(25)23(21(3,4)5)22-19(24)16-8-7-9-18(13-16)26-6;;;/h7-13H,1-6H3,(H,22,24);3*1H. The Morgan fingerprint density at radius 3 is 1.93 bits per heavy atom. The summed E-state index contributed by atoms with van der Waals surface area (Å²) < 4.78 is 5.16. The Hall–Kier alpha value is -1.95. The maximum absolute atomic E-state index is 13.1. The molecule has 162 valence electrons. The summed E-state index contributed by atoms with van der Waals surface area (Å²) >= 11 is 0. The van der Waals surface area contributed by atoms with Crippen molar-refractivity contribution in [2.45, 2.75) is 40.2 Å². The van der Waals surface area contributed by atoms with Crippen molar-refractivity contribution >= 4 is 49.0 Å². The summed E-state index contributed by atoms with van der Waals surface area (Å²) in [6, 6.07) is 12.5. The first-order valence-electron chi connectivity index (χ1n) is 8.49. The van der Waals surface area contributed by atoms with Crippen molar-refractivity contribution in [3.05, 3.63) is 64.7 Å². The average molecular weight is 464 g/mol. The fourth-order valence-corrected chi connectivity index (χ4v) is 2.68. The summed E-state index contributed by atoms with van der Waals surface area (Å²) in [6.45, 7) is 9.51. The largest absolute Gasteiger partial charge is 0.497 e. The zero-order chi connectivity index (χ0) is 19.5. The first-order chi connectivity index (χ1) is 12.1. The molecule has 0 unspecified atom stereocenters. The van der Waals surface area contributed by atoms with Crippen LogP contribution in [0.15, 0.2) is 42.5 Å². The van der Waals surface area contributed by atoms with Crippen LogP contribution in [0.4, 0.5) is 0 Å². The lowest BCUT2D eigenvalue weighted by Crippen LogP contribution is -2.55. The first-order valence-corrected chi connectivity index (χ1v) is 8.49. The van der Waals surface area contributed by atoms with Gasteiger partial charge >= 0.3 is 0 Å². The summed E-state index contributed by atoms with van der Waals surface area (Å²) in [7, 11) is 1.54. The Kier molecular flexibility index (Phi) is 12.0. The normalized spacial score (nSPS) is 9.86. The van der Waals surface area contributed by atoms with Gasteiger partial charge in [-0.1, -0.05) is 23.3 Å². The van der Waals surface area contributed by atoms with Gasteiger partial charge in [-0.15, -0.1) is 37.2 Å². The van der Waals surface area contributed by atoms with E-state index >= 15 is 0 Å². The molecule has 0 bridgehead atoms. The monoisotopic (exact) mass is 462 g/mol. The zero-order valence-corrected chi connectivity index (χ0v) is 19.9. The number of amides is 2. The van der Waals surface area contributed by atoms with Crippen LogP contribution in [0, 0.1) is 13.8 Å². The molecule has 0 saturated carbocycles. The summed E-state index contributed by atoms with van der Waals surface area (Å²) in [5.74, 6) is -0.0299. The van der Waals surface area contributed by atoms with Crippen molar-refractivity contribution in [2.75, 3.05) is 7.11 Å². The Morgan fingerprint density at radius 2 is 1.45 bits per heavy atom. The second-order valence-corrected chi connectivity index (χ2v) is 7.36. The molecule has 0 aliphatic rings. The van der Waals surface area contributed by atoms with Crippen LogP contribution in [0.2, 0.25) is 0 Å². The number of halogens is 3. The number of hydrogen-bond acceptors (Lipinski definition) is 3. The van der Waals surface area contributed by atoms with Gasteiger partial charge in [-0.3, -0.25) is 15.0 Å². The molecule has 5 nitrogen and oxygen atoms in total. The minimum Gasteiger partial charge on any atom is -0.497 e. The predicted octanol–water partition coefficient (Wildman–Crippen LogP) is 5.16. The van der Waals surface area contributed by atoms with Gasteiger partial charge in [0.2, 0.25) is 0 Å². The number of nitrogens with zero attached hydrogens (tertiary/aromatic N) is 1. The molecule has 0 radical (unpaired) electrons.